The lowest BCUT2D eigenvalue weighted by molar-refractivity contribution is -0.121. The van der Waals surface area contributed by atoms with Gasteiger partial charge in [0.2, 0.25) is 5.91 Å². The number of rotatable bonds is 5. The maximum absolute atomic E-state index is 12.8. The van der Waals surface area contributed by atoms with Crippen LogP contribution in [0.4, 0.5) is 5.69 Å². The Morgan fingerprint density at radius 3 is 2.96 bits per heavy atom. The van der Waals surface area contributed by atoms with E-state index in [1.165, 1.54) is 4.88 Å². The summed E-state index contributed by atoms with van der Waals surface area (Å²) in [7, 11) is 1.62. The van der Waals surface area contributed by atoms with Gasteiger partial charge in [0.1, 0.15) is 5.75 Å². The second-order valence-electron chi connectivity index (χ2n) is 6.28. The summed E-state index contributed by atoms with van der Waals surface area (Å²) in [6, 6.07) is 10.2. The smallest absolute Gasteiger partial charge is 0.241 e. The van der Waals surface area contributed by atoms with Crippen molar-refractivity contribution in [2.75, 3.05) is 19.0 Å². The summed E-state index contributed by atoms with van der Waals surface area (Å²) in [6.45, 7) is 4.96. The van der Waals surface area contributed by atoms with Gasteiger partial charge in [-0.2, -0.15) is 0 Å². The Balaban J connectivity index is 1.74. The summed E-state index contributed by atoms with van der Waals surface area (Å²) in [6.07, 6.45) is 2.25. The molecule has 0 saturated carbocycles. The molecule has 1 fully saturated rings. The fourth-order valence-electron chi connectivity index (χ4n) is 3.35. The normalized spacial score (nSPS) is 19.2. The summed E-state index contributed by atoms with van der Waals surface area (Å²) in [5.74, 6) is 0.708. The lowest BCUT2D eigenvalue weighted by atomic mass is 10.1. The minimum Gasteiger partial charge on any atom is -0.495 e. The molecule has 5 heteroatoms. The van der Waals surface area contributed by atoms with Crippen molar-refractivity contribution in [1.29, 1.82) is 0 Å². The highest BCUT2D eigenvalue weighted by Gasteiger charge is 2.33. The lowest BCUT2D eigenvalue weighted by Gasteiger charge is -2.29. The SMILES string of the molecule is COc1ccc(C)cc1NC(=O)[C@H](C)N1CCC[C@@H]1c1cccs1. The molecule has 24 heavy (non-hydrogen) atoms. The van der Waals surface area contributed by atoms with E-state index in [-0.39, 0.29) is 11.9 Å². The van der Waals surface area contributed by atoms with Crippen molar-refractivity contribution >= 4 is 22.9 Å². The van der Waals surface area contributed by atoms with Crippen molar-refractivity contribution in [2.24, 2.45) is 0 Å². The summed E-state index contributed by atoms with van der Waals surface area (Å²) < 4.78 is 5.36. The number of amides is 1. The molecule has 2 heterocycles. The first-order valence-corrected chi connectivity index (χ1v) is 9.22. The van der Waals surface area contributed by atoms with Gasteiger partial charge in [0, 0.05) is 10.9 Å². The maximum atomic E-state index is 12.8. The predicted molar refractivity (Wildman–Crippen MR) is 98.8 cm³/mol. The Morgan fingerprint density at radius 1 is 1.42 bits per heavy atom. The van der Waals surface area contributed by atoms with E-state index in [9.17, 15) is 4.79 Å². The van der Waals surface area contributed by atoms with Gasteiger partial charge in [-0.25, -0.2) is 0 Å². The second kappa shape index (κ2) is 7.36. The first-order chi connectivity index (χ1) is 11.6. The van der Waals surface area contributed by atoms with E-state index in [1.54, 1.807) is 18.4 Å². The Hall–Kier alpha value is -1.85. The molecule has 0 unspecified atom stereocenters. The first-order valence-electron chi connectivity index (χ1n) is 8.35. The minimum absolute atomic E-state index is 0.0161. The molecule has 0 bridgehead atoms. The highest BCUT2D eigenvalue weighted by atomic mass is 32.1. The molecule has 1 aliphatic heterocycles. The standard InChI is InChI=1S/C19H24N2O2S/c1-13-8-9-17(23-3)15(12-13)20-19(22)14(2)21-10-4-6-16(21)18-7-5-11-24-18/h5,7-9,11-12,14,16H,4,6,10H2,1-3H3,(H,20,22)/t14-,16+/m0/s1. The van der Waals surface area contributed by atoms with E-state index in [0.29, 0.717) is 11.8 Å². The molecular formula is C19H24N2O2S. The number of carbonyl (C=O) groups is 1. The number of nitrogens with zero attached hydrogens (tertiary/aromatic N) is 1. The van der Waals surface area contributed by atoms with Crippen LogP contribution in [0.25, 0.3) is 0 Å². The highest BCUT2D eigenvalue weighted by molar-refractivity contribution is 7.10. The van der Waals surface area contributed by atoms with Crippen LogP contribution in [0.1, 0.15) is 36.2 Å². The van der Waals surface area contributed by atoms with Gasteiger partial charge >= 0.3 is 0 Å². The van der Waals surface area contributed by atoms with Crippen LogP contribution in [-0.2, 0) is 4.79 Å². The highest BCUT2D eigenvalue weighted by Crippen LogP contribution is 2.36. The second-order valence-corrected chi connectivity index (χ2v) is 7.26. The van der Waals surface area contributed by atoms with E-state index in [0.717, 1.165) is 30.6 Å². The molecule has 2 atom stereocenters. The van der Waals surface area contributed by atoms with E-state index in [2.05, 4.69) is 27.7 Å². The number of hydrogen-bond acceptors (Lipinski definition) is 4. The molecular weight excluding hydrogens is 320 g/mol. The van der Waals surface area contributed by atoms with E-state index < -0.39 is 0 Å². The van der Waals surface area contributed by atoms with Crippen molar-refractivity contribution < 1.29 is 9.53 Å². The van der Waals surface area contributed by atoms with Gasteiger partial charge in [0.15, 0.2) is 0 Å². The van der Waals surface area contributed by atoms with E-state index >= 15 is 0 Å². The molecule has 1 aromatic heterocycles. The number of likely N-dealkylation sites (tertiary alicyclic amines) is 1. The minimum atomic E-state index is -0.176. The Kier molecular flexibility index (Phi) is 5.21. The van der Waals surface area contributed by atoms with Gasteiger partial charge in [0.05, 0.1) is 18.8 Å². The van der Waals surface area contributed by atoms with Gasteiger partial charge in [-0.3, -0.25) is 9.69 Å². The third-order valence-corrected chi connectivity index (χ3v) is 5.63. The number of carbonyl (C=O) groups excluding carboxylic acids is 1. The maximum Gasteiger partial charge on any atom is 0.241 e. The van der Waals surface area contributed by atoms with Crippen molar-refractivity contribution in [1.82, 2.24) is 4.90 Å². The van der Waals surface area contributed by atoms with E-state index in [4.69, 9.17) is 4.74 Å². The van der Waals surface area contributed by atoms with Gasteiger partial charge in [-0.1, -0.05) is 12.1 Å². The molecule has 4 nitrogen and oxygen atoms in total. The number of ether oxygens (including phenoxy) is 1. The summed E-state index contributed by atoms with van der Waals surface area (Å²) in [5.41, 5.74) is 1.83. The first kappa shape index (κ1) is 17.0. The van der Waals surface area contributed by atoms with Crippen molar-refractivity contribution in [3.8, 4) is 5.75 Å². The van der Waals surface area contributed by atoms with Gasteiger partial charge in [0.25, 0.3) is 0 Å². The number of hydrogen-bond donors (Lipinski definition) is 1. The topological polar surface area (TPSA) is 41.6 Å². The van der Waals surface area contributed by atoms with Crippen LogP contribution in [0.15, 0.2) is 35.7 Å². The van der Waals surface area contributed by atoms with E-state index in [1.807, 2.05) is 32.0 Å². The zero-order chi connectivity index (χ0) is 17.1. The molecule has 1 N–H and O–H groups in total. The fraction of sp³-hybridized carbons (Fsp3) is 0.421. The summed E-state index contributed by atoms with van der Waals surface area (Å²) in [5, 5.41) is 5.15. The Bertz CT molecular complexity index is 699. The molecule has 0 radical (unpaired) electrons. The van der Waals surface area contributed by atoms with Crippen molar-refractivity contribution in [3.05, 3.63) is 46.2 Å². The zero-order valence-electron chi connectivity index (χ0n) is 14.4. The largest absolute Gasteiger partial charge is 0.495 e. The number of benzene rings is 1. The Morgan fingerprint density at radius 2 is 2.25 bits per heavy atom. The van der Waals surface area contributed by atoms with Gasteiger partial charge in [-0.05, 0) is 62.4 Å². The molecule has 1 aliphatic rings. The quantitative estimate of drug-likeness (QED) is 0.882. The number of thiophene rings is 1. The summed E-state index contributed by atoms with van der Waals surface area (Å²) in [4.78, 5) is 16.4. The van der Waals surface area contributed by atoms with Crippen LogP contribution in [0.3, 0.4) is 0 Å². The Labute approximate surface area is 147 Å². The number of aryl methyl sites for hydroxylation is 1. The van der Waals surface area contributed by atoms with Crippen LogP contribution >= 0.6 is 11.3 Å². The summed E-state index contributed by atoms with van der Waals surface area (Å²) >= 11 is 1.77. The average Bonchev–Trinajstić information content (AvgIpc) is 3.25. The fourth-order valence-corrected chi connectivity index (χ4v) is 4.23. The van der Waals surface area contributed by atoms with Crippen LogP contribution in [0, 0.1) is 6.92 Å². The van der Waals surface area contributed by atoms with Crippen LogP contribution in [0.5, 0.6) is 5.75 Å². The third-order valence-electron chi connectivity index (χ3n) is 4.66. The van der Waals surface area contributed by atoms with Gasteiger partial charge < -0.3 is 10.1 Å². The van der Waals surface area contributed by atoms with Crippen molar-refractivity contribution in [2.45, 2.75) is 38.8 Å². The third kappa shape index (κ3) is 3.47. The molecule has 3 rings (SSSR count). The van der Waals surface area contributed by atoms with Crippen LogP contribution < -0.4 is 10.1 Å². The molecule has 1 aromatic carbocycles. The molecule has 0 spiro atoms. The monoisotopic (exact) mass is 344 g/mol. The molecule has 1 amide bonds. The van der Waals surface area contributed by atoms with Crippen LogP contribution in [-0.4, -0.2) is 30.5 Å². The predicted octanol–water partition coefficient (Wildman–Crippen LogP) is 4.23. The number of nitrogens with one attached hydrogen (secondary N) is 1. The molecule has 1 saturated heterocycles. The molecule has 2 aromatic rings. The average molecular weight is 344 g/mol. The molecule has 0 aliphatic carbocycles. The number of methoxy groups -OCH3 is 1. The molecule has 128 valence electrons. The van der Waals surface area contributed by atoms with Crippen LogP contribution in [0.2, 0.25) is 0 Å². The van der Waals surface area contributed by atoms with Crippen molar-refractivity contribution in [3.63, 3.8) is 0 Å². The number of anilines is 1. The van der Waals surface area contributed by atoms with Gasteiger partial charge in [-0.15, -0.1) is 11.3 Å². The zero-order valence-corrected chi connectivity index (χ0v) is 15.2. The lowest BCUT2D eigenvalue weighted by Crippen LogP contribution is -2.41.